The number of rotatable bonds is 6. The largest absolute Gasteiger partial charge is 0.489 e. The van der Waals surface area contributed by atoms with E-state index in [2.05, 4.69) is 14.9 Å². The molecule has 5 nitrogen and oxygen atoms in total. The summed E-state index contributed by atoms with van der Waals surface area (Å²) >= 11 is 5.83. The molecule has 0 aromatic carbocycles. The van der Waals surface area contributed by atoms with Gasteiger partial charge in [0.1, 0.15) is 6.33 Å². The van der Waals surface area contributed by atoms with Crippen LogP contribution in [0.2, 0.25) is 5.15 Å². The van der Waals surface area contributed by atoms with Crippen molar-refractivity contribution in [1.82, 2.24) is 14.9 Å². The standard InChI is InChI=1S/C10H16ClN3O2/c1-14(2)5-4-6-16-10-8(15-3)9(11)12-7-13-10/h7H,4-6H2,1-3H3. The summed E-state index contributed by atoms with van der Waals surface area (Å²) in [7, 11) is 5.54. The topological polar surface area (TPSA) is 47.5 Å². The summed E-state index contributed by atoms with van der Waals surface area (Å²) in [5, 5.41) is 0.264. The fraction of sp³-hybridized carbons (Fsp3) is 0.600. The van der Waals surface area contributed by atoms with Crippen molar-refractivity contribution in [2.24, 2.45) is 0 Å². The van der Waals surface area contributed by atoms with Gasteiger partial charge >= 0.3 is 0 Å². The van der Waals surface area contributed by atoms with Gasteiger partial charge in [0.15, 0.2) is 5.15 Å². The highest BCUT2D eigenvalue weighted by Crippen LogP contribution is 2.30. The molecule has 90 valence electrons. The zero-order chi connectivity index (χ0) is 12.0. The lowest BCUT2D eigenvalue weighted by atomic mass is 10.4. The Morgan fingerprint density at radius 2 is 2.12 bits per heavy atom. The van der Waals surface area contributed by atoms with E-state index in [0.29, 0.717) is 18.2 Å². The Hall–Kier alpha value is -1.07. The van der Waals surface area contributed by atoms with Gasteiger partial charge in [-0.2, -0.15) is 4.98 Å². The summed E-state index contributed by atoms with van der Waals surface area (Å²) in [6.45, 7) is 1.53. The van der Waals surface area contributed by atoms with Crippen molar-refractivity contribution >= 4 is 11.6 Å². The molecule has 1 rings (SSSR count). The summed E-state index contributed by atoms with van der Waals surface area (Å²) in [4.78, 5) is 9.87. The van der Waals surface area contributed by atoms with E-state index in [-0.39, 0.29) is 5.15 Å². The van der Waals surface area contributed by atoms with Gasteiger partial charge in [-0.25, -0.2) is 4.98 Å². The molecule has 0 N–H and O–H groups in total. The van der Waals surface area contributed by atoms with E-state index in [0.717, 1.165) is 13.0 Å². The monoisotopic (exact) mass is 245 g/mol. The predicted octanol–water partition coefficient (Wildman–Crippen LogP) is 1.47. The first-order chi connectivity index (χ1) is 7.65. The normalized spacial score (nSPS) is 10.6. The Morgan fingerprint density at radius 3 is 2.75 bits per heavy atom. The van der Waals surface area contributed by atoms with Crippen molar-refractivity contribution in [3.8, 4) is 11.6 Å². The van der Waals surface area contributed by atoms with Gasteiger partial charge in [-0.15, -0.1) is 0 Å². The fourth-order valence-electron chi connectivity index (χ4n) is 1.16. The molecule has 0 aliphatic carbocycles. The minimum absolute atomic E-state index is 0.264. The molecule has 0 unspecified atom stereocenters. The molecule has 0 fully saturated rings. The molecule has 0 atom stereocenters. The second-order valence-electron chi connectivity index (χ2n) is 3.51. The molecule has 1 aromatic rings. The smallest absolute Gasteiger partial charge is 0.261 e. The summed E-state index contributed by atoms with van der Waals surface area (Å²) < 4.78 is 10.5. The Bertz CT molecular complexity index is 334. The number of hydrogen-bond acceptors (Lipinski definition) is 5. The molecule has 0 spiro atoms. The average molecular weight is 246 g/mol. The number of nitrogens with zero attached hydrogens (tertiary/aromatic N) is 3. The van der Waals surface area contributed by atoms with Crippen molar-refractivity contribution in [3.05, 3.63) is 11.5 Å². The molecule has 0 saturated carbocycles. The van der Waals surface area contributed by atoms with Crippen LogP contribution in [0.5, 0.6) is 11.6 Å². The van der Waals surface area contributed by atoms with Crippen molar-refractivity contribution in [1.29, 1.82) is 0 Å². The van der Waals surface area contributed by atoms with E-state index >= 15 is 0 Å². The van der Waals surface area contributed by atoms with Crippen molar-refractivity contribution in [2.75, 3.05) is 34.4 Å². The lowest BCUT2D eigenvalue weighted by molar-refractivity contribution is 0.258. The third-order valence-corrected chi connectivity index (χ3v) is 2.19. The van der Waals surface area contributed by atoms with Crippen LogP contribution in [-0.4, -0.2) is 49.2 Å². The minimum atomic E-state index is 0.264. The third kappa shape index (κ3) is 3.83. The van der Waals surface area contributed by atoms with E-state index in [4.69, 9.17) is 21.1 Å². The quantitative estimate of drug-likeness (QED) is 0.561. The molecule has 0 amide bonds. The molecule has 0 saturated heterocycles. The van der Waals surface area contributed by atoms with E-state index in [9.17, 15) is 0 Å². The predicted molar refractivity (Wildman–Crippen MR) is 62.3 cm³/mol. The molecule has 0 radical (unpaired) electrons. The van der Waals surface area contributed by atoms with Crippen molar-refractivity contribution in [2.45, 2.75) is 6.42 Å². The maximum Gasteiger partial charge on any atom is 0.261 e. The van der Waals surface area contributed by atoms with Crippen molar-refractivity contribution in [3.63, 3.8) is 0 Å². The van der Waals surface area contributed by atoms with Gasteiger partial charge in [-0.1, -0.05) is 11.6 Å². The highest BCUT2D eigenvalue weighted by molar-refractivity contribution is 6.31. The third-order valence-electron chi connectivity index (χ3n) is 1.92. The summed E-state index contributed by atoms with van der Waals surface area (Å²) in [5.41, 5.74) is 0. The van der Waals surface area contributed by atoms with Crippen molar-refractivity contribution < 1.29 is 9.47 Å². The molecule has 1 aromatic heterocycles. The van der Waals surface area contributed by atoms with Crippen LogP contribution in [-0.2, 0) is 0 Å². The first-order valence-corrected chi connectivity index (χ1v) is 5.35. The second-order valence-corrected chi connectivity index (χ2v) is 3.87. The van der Waals surface area contributed by atoms with E-state index < -0.39 is 0 Å². The summed E-state index contributed by atoms with van der Waals surface area (Å²) in [5.74, 6) is 0.773. The van der Waals surface area contributed by atoms with Crippen LogP contribution in [0.15, 0.2) is 6.33 Å². The van der Waals surface area contributed by atoms with Crippen LogP contribution in [0.25, 0.3) is 0 Å². The Balaban J connectivity index is 2.50. The van der Waals surface area contributed by atoms with Crippen LogP contribution < -0.4 is 9.47 Å². The van der Waals surface area contributed by atoms with Gasteiger partial charge in [-0.3, -0.25) is 0 Å². The van der Waals surface area contributed by atoms with Gasteiger partial charge in [0.2, 0.25) is 5.75 Å². The Labute approximate surface area is 100 Å². The molecule has 16 heavy (non-hydrogen) atoms. The number of aromatic nitrogens is 2. The number of ether oxygens (including phenoxy) is 2. The lowest BCUT2D eigenvalue weighted by Gasteiger charge is -2.11. The fourth-order valence-corrected chi connectivity index (χ4v) is 1.36. The van der Waals surface area contributed by atoms with E-state index in [1.807, 2.05) is 14.1 Å². The molecule has 1 heterocycles. The Morgan fingerprint density at radius 1 is 1.38 bits per heavy atom. The van der Waals surface area contributed by atoms with E-state index in [1.54, 1.807) is 0 Å². The molecule has 0 aliphatic rings. The van der Waals surface area contributed by atoms with Gasteiger partial charge in [0.25, 0.3) is 5.88 Å². The van der Waals surface area contributed by atoms with Gasteiger partial charge in [-0.05, 0) is 20.5 Å². The summed E-state index contributed by atoms with van der Waals surface area (Å²) in [6.07, 6.45) is 2.27. The SMILES string of the molecule is COc1c(Cl)ncnc1OCCCN(C)C. The lowest BCUT2D eigenvalue weighted by Crippen LogP contribution is -2.15. The number of hydrogen-bond donors (Lipinski definition) is 0. The van der Waals surface area contributed by atoms with Crippen LogP contribution >= 0.6 is 11.6 Å². The maximum atomic E-state index is 5.83. The molecule has 6 heteroatoms. The minimum Gasteiger partial charge on any atom is -0.489 e. The second kappa shape index (κ2) is 6.50. The number of methoxy groups -OCH3 is 1. The highest BCUT2D eigenvalue weighted by Gasteiger charge is 2.11. The molecule has 0 bridgehead atoms. The first-order valence-electron chi connectivity index (χ1n) is 4.97. The molecule has 0 aliphatic heterocycles. The number of halogens is 1. The van der Waals surface area contributed by atoms with Crippen LogP contribution in [0.3, 0.4) is 0 Å². The van der Waals surface area contributed by atoms with E-state index in [1.165, 1.54) is 13.4 Å². The average Bonchev–Trinajstić information content (AvgIpc) is 2.24. The van der Waals surface area contributed by atoms with Gasteiger partial charge < -0.3 is 14.4 Å². The first kappa shape index (κ1) is 13.0. The zero-order valence-electron chi connectivity index (χ0n) is 9.73. The zero-order valence-corrected chi connectivity index (χ0v) is 10.5. The summed E-state index contributed by atoms with van der Waals surface area (Å²) in [6, 6.07) is 0. The van der Waals surface area contributed by atoms with Gasteiger partial charge in [0.05, 0.1) is 13.7 Å². The maximum absolute atomic E-state index is 5.83. The molecular weight excluding hydrogens is 230 g/mol. The Kier molecular flexibility index (Phi) is 5.28. The molecular formula is C10H16ClN3O2. The van der Waals surface area contributed by atoms with Crippen LogP contribution in [0.1, 0.15) is 6.42 Å². The van der Waals surface area contributed by atoms with Crippen LogP contribution in [0, 0.1) is 0 Å². The highest BCUT2D eigenvalue weighted by atomic mass is 35.5. The van der Waals surface area contributed by atoms with Crippen LogP contribution in [0.4, 0.5) is 0 Å². The van der Waals surface area contributed by atoms with Gasteiger partial charge in [0, 0.05) is 6.54 Å².